The molecule has 0 radical (unpaired) electrons. The molecule has 0 spiro atoms. The van der Waals surface area contributed by atoms with E-state index >= 15 is 0 Å². The van der Waals surface area contributed by atoms with Gasteiger partial charge in [0.2, 0.25) is 0 Å². The molecule has 1 N–H and O–H groups in total. The fraction of sp³-hybridized carbons (Fsp3) is 0.176. The van der Waals surface area contributed by atoms with Gasteiger partial charge in [-0.25, -0.2) is 0 Å². The highest BCUT2D eigenvalue weighted by atomic mass is 16.5. The molecule has 0 unspecified atom stereocenters. The van der Waals surface area contributed by atoms with Crippen molar-refractivity contribution < 1.29 is 4.74 Å². The second-order valence-electron chi connectivity index (χ2n) is 4.63. The Balaban J connectivity index is 2.17. The van der Waals surface area contributed by atoms with Crippen LogP contribution in [0.4, 0.5) is 0 Å². The highest BCUT2D eigenvalue weighted by Gasteiger charge is 2.12. The zero-order chi connectivity index (χ0) is 13.1. The summed E-state index contributed by atoms with van der Waals surface area (Å²) in [6.07, 6.45) is 0.921. The number of hydrogen-bond donors (Lipinski definition) is 1. The van der Waals surface area contributed by atoms with Crippen molar-refractivity contribution in [3.05, 3.63) is 60.2 Å². The van der Waals surface area contributed by atoms with E-state index in [-0.39, 0.29) is 0 Å². The third kappa shape index (κ3) is 2.27. The molecule has 3 aromatic rings. The van der Waals surface area contributed by atoms with Crippen LogP contribution in [0.5, 0.6) is 0 Å². The molecule has 2 heteroatoms. The van der Waals surface area contributed by atoms with Crippen molar-refractivity contribution in [3.63, 3.8) is 0 Å². The van der Waals surface area contributed by atoms with Crippen molar-refractivity contribution in [2.45, 2.75) is 6.42 Å². The maximum atomic E-state index is 5.24. The number of methoxy groups -OCH3 is 1. The summed E-state index contributed by atoms with van der Waals surface area (Å²) >= 11 is 0. The van der Waals surface area contributed by atoms with Gasteiger partial charge >= 0.3 is 0 Å². The minimum atomic E-state index is 0.738. The number of H-pyrrole nitrogens is 1. The summed E-state index contributed by atoms with van der Waals surface area (Å²) in [5, 5.41) is 1.29. The topological polar surface area (TPSA) is 25.0 Å². The molecule has 0 saturated heterocycles. The molecule has 1 aromatic heterocycles. The predicted molar refractivity (Wildman–Crippen MR) is 79.3 cm³/mol. The smallest absolute Gasteiger partial charge is 0.0503 e. The molecule has 2 nitrogen and oxygen atoms in total. The molecular weight excluding hydrogens is 234 g/mol. The molecule has 1 heterocycles. The van der Waals surface area contributed by atoms with E-state index < -0.39 is 0 Å². The molecule has 2 aromatic carbocycles. The van der Waals surface area contributed by atoms with Gasteiger partial charge in [-0.2, -0.15) is 0 Å². The van der Waals surface area contributed by atoms with Crippen LogP contribution in [0.15, 0.2) is 54.6 Å². The van der Waals surface area contributed by atoms with Gasteiger partial charge in [0.15, 0.2) is 0 Å². The Labute approximate surface area is 113 Å². The summed E-state index contributed by atoms with van der Waals surface area (Å²) in [5.41, 5.74) is 4.96. The van der Waals surface area contributed by atoms with Gasteiger partial charge < -0.3 is 9.72 Å². The maximum absolute atomic E-state index is 5.24. The summed E-state index contributed by atoms with van der Waals surface area (Å²) in [6.45, 7) is 0.738. The Kier molecular flexibility index (Phi) is 3.34. The molecule has 0 saturated carbocycles. The van der Waals surface area contributed by atoms with E-state index in [4.69, 9.17) is 4.74 Å². The van der Waals surface area contributed by atoms with Crippen molar-refractivity contribution in [2.75, 3.05) is 13.7 Å². The van der Waals surface area contributed by atoms with Crippen molar-refractivity contribution in [3.8, 4) is 11.3 Å². The first-order valence-corrected chi connectivity index (χ1v) is 6.54. The fourth-order valence-corrected chi connectivity index (χ4v) is 2.52. The van der Waals surface area contributed by atoms with Crippen molar-refractivity contribution in [1.29, 1.82) is 0 Å². The van der Waals surface area contributed by atoms with Crippen LogP contribution in [0, 0.1) is 0 Å². The standard InChI is InChI=1S/C17H17NO/c1-19-12-11-15-14-9-5-6-10-16(14)18-17(15)13-7-3-2-4-8-13/h2-10,18H,11-12H2,1H3. The molecule has 96 valence electrons. The number of aromatic nitrogens is 1. The van der Waals surface area contributed by atoms with Crippen LogP contribution >= 0.6 is 0 Å². The monoisotopic (exact) mass is 251 g/mol. The van der Waals surface area contributed by atoms with Crippen LogP contribution in [-0.4, -0.2) is 18.7 Å². The van der Waals surface area contributed by atoms with Crippen molar-refractivity contribution >= 4 is 10.9 Å². The minimum absolute atomic E-state index is 0.738. The first-order valence-electron chi connectivity index (χ1n) is 6.54. The van der Waals surface area contributed by atoms with Crippen LogP contribution in [0.1, 0.15) is 5.56 Å². The predicted octanol–water partition coefficient (Wildman–Crippen LogP) is 4.02. The van der Waals surface area contributed by atoms with E-state index in [0.717, 1.165) is 13.0 Å². The molecule has 0 aliphatic carbocycles. The Morgan fingerprint density at radius 3 is 2.47 bits per heavy atom. The van der Waals surface area contributed by atoms with Crippen LogP contribution in [0.3, 0.4) is 0 Å². The quantitative estimate of drug-likeness (QED) is 0.744. The molecular formula is C17H17NO. The Hall–Kier alpha value is -2.06. The van der Waals surface area contributed by atoms with Crippen LogP contribution < -0.4 is 0 Å². The number of ether oxygens (including phenoxy) is 1. The number of nitrogens with one attached hydrogen (secondary N) is 1. The van der Waals surface area contributed by atoms with Crippen LogP contribution in [-0.2, 0) is 11.2 Å². The number of fused-ring (bicyclic) bond motifs is 1. The molecule has 0 fully saturated rings. The lowest BCUT2D eigenvalue weighted by Crippen LogP contribution is -1.95. The van der Waals surface area contributed by atoms with Gasteiger partial charge in [0, 0.05) is 23.7 Å². The number of rotatable bonds is 4. The van der Waals surface area contributed by atoms with Gasteiger partial charge in [-0.15, -0.1) is 0 Å². The lowest BCUT2D eigenvalue weighted by Gasteiger charge is -2.04. The van der Waals surface area contributed by atoms with E-state index in [0.29, 0.717) is 0 Å². The minimum Gasteiger partial charge on any atom is -0.384 e. The SMILES string of the molecule is COCCc1c(-c2ccccc2)[nH]c2ccccc12. The lowest BCUT2D eigenvalue weighted by atomic mass is 10.0. The fourth-order valence-electron chi connectivity index (χ4n) is 2.52. The summed E-state index contributed by atoms with van der Waals surface area (Å²) in [6, 6.07) is 18.9. The summed E-state index contributed by atoms with van der Waals surface area (Å²) in [5.74, 6) is 0. The number of hydrogen-bond acceptors (Lipinski definition) is 1. The highest BCUT2D eigenvalue weighted by Crippen LogP contribution is 2.30. The van der Waals surface area contributed by atoms with Gasteiger partial charge in [0.25, 0.3) is 0 Å². The van der Waals surface area contributed by atoms with Gasteiger partial charge in [-0.05, 0) is 23.6 Å². The number of para-hydroxylation sites is 1. The Bertz CT molecular complexity index is 670. The zero-order valence-corrected chi connectivity index (χ0v) is 11.0. The molecule has 0 amide bonds. The van der Waals surface area contributed by atoms with Crippen LogP contribution in [0.25, 0.3) is 22.2 Å². The molecule has 0 atom stereocenters. The second-order valence-corrected chi connectivity index (χ2v) is 4.63. The molecule has 0 bridgehead atoms. The third-order valence-corrected chi connectivity index (χ3v) is 3.43. The average molecular weight is 251 g/mol. The van der Waals surface area contributed by atoms with Crippen molar-refractivity contribution in [1.82, 2.24) is 4.98 Å². The van der Waals surface area contributed by atoms with Gasteiger partial charge in [-0.3, -0.25) is 0 Å². The van der Waals surface area contributed by atoms with E-state index in [1.54, 1.807) is 7.11 Å². The zero-order valence-electron chi connectivity index (χ0n) is 11.0. The van der Waals surface area contributed by atoms with Crippen molar-refractivity contribution in [2.24, 2.45) is 0 Å². The summed E-state index contributed by atoms with van der Waals surface area (Å²) < 4.78 is 5.24. The van der Waals surface area contributed by atoms with E-state index in [2.05, 4.69) is 53.5 Å². The van der Waals surface area contributed by atoms with E-state index in [9.17, 15) is 0 Å². The third-order valence-electron chi connectivity index (χ3n) is 3.43. The Morgan fingerprint density at radius 1 is 0.947 bits per heavy atom. The largest absolute Gasteiger partial charge is 0.384 e. The molecule has 3 rings (SSSR count). The summed E-state index contributed by atoms with van der Waals surface area (Å²) in [4.78, 5) is 3.53. The number of aromatic amines is 1. The first-order chi connectivity index (χ1) is 9.40. The van der Waals surface area contributed by atoms with Gasteiger partial charge in [0.1, 0.15) is 0 Å². The molecule has 0 aliphatic rings. The lowest BCUT2D eigenvalue weighted by molar-refractivity contribution is 0.202. The second kappa shape index (κ2) is 5.29. The van der Waals surface area contributed by atoms with E-state index in [1.807, 2.05) is 6.07 Å². The highest BCUT2D eigenvalue weighted by molar-refractivity contribution is 5.90. The Morgan fingerprint density at radius 2 is 1.68 bits per heavy atom. The van der Waals surface area contributed by atoms with Gasteiger partial charge in [-0.1, -0.05) is 48.5 Å². The first kappa shape index (κ1) is 12.0. The maximum Gasteiger partial charge on any atom is 0.0503 e. The average Bonchev–Trinajstić information content (AvgIpc) is 2.85. The summed E-state index contributed by atoms with van der Waals surface area (Å²) in [7, 11) is 1.75. The number of benzene rings is 2. The molecule has 0 aliphatic heterocycles. The van der Waals surface area contributed by atoms with E-state index in [1.165, 1.54) is 27.7 Å². The van der Waals surface area contributed by atoms with Gasteiger partial charge in [0.05, 0.1) is 6.61 Å². The normalized spacial score (nSPS) is 11.0. The molecule has 19 heavy (non-hydrogen) atoms. The van der Waals surface area contributed by atoms with Crippen LogP contribution in [0.2, 0.25) is 0 Å².